The quantitative estimate of drug-likeness (QED) is 0.762. The number of nitrogens with zero attached hydrogens (tertiary/aromatic N) is 1. The van der Waals surface area contributed by atoms with E-state index in [1.807, 2.05) is 0 Å². The predicted octanol–water partition coefficient (Wildman–Crippen LogP) is 2.05. The molecule has 2 unspecified atom stereocenters. The Morgan fingerprint density at radius 1 is 1.00 bits per heavy atom. The normalized spacial score (nSPS) is 23.0. The van der Waals surface area contributed by atoms with Crippen molar-refractivity contribution in [2.75, 3.05) is 18.4 Å². The van der Waals surface area contributed by atoms with Crippen LogP contribution in [0.2, 0.25) is 0 Å². The van der Waals surface area contributed by atoms with Crippen molar-refractivity contribution < 1.29 is 23.9 Å². The van der Waals surface area contributed by atoms with Crippen molar-refractivity contribution in [2.45, 2.75) is 31.7 Å². The van der Waals surface area contributed by atoms with Crippen molar-refractivity contribution in [1.82, 2.24) is 10.2 Å². The van der Waals surface area contributed by atoms with Gasteiger partial charge in [0.15, 0.2) is 0 Å². The number of anilines is 1. The zero-order valence-electron chi connectivity index (χ0n) is 14.3. The highest BCUT2D eigenvalue weighted by molar-refractivity contribution is 5.89. The van der Waals surface area contributed by atoms with Gasteiger partial charge in [-0.25, -0.2) is 9.18 Å². The van der Waals surface area contributed by atoms with Gasteiger partial charge in [-0.1, -0.05) is 0 Å². The number of urea groups is 1. The summed E-state index contributed by atoms with van der Waals surface area (Å²) in [7, 11) is 0. The van der Waals surface area contributed by atoms with E-state index in [1.165, 1.54) is 24.3 Å². The molecular weight excluding hydrogens is 341 g/mol. The topological polar surface area (TPSA) is 98.7 Å². The van der Waals surface area contributed by atoms with Crippen LogP contribution in [0.1, 0.15) is 25.7 Å². The molecule has 2 aliphatic rings. The van der Waals surface area contributed by atoms with Gasteiger partial charge in [-0.05, 0) is 49.9 Å². The molecule has 8 heteroatoms. The number of amides is 3. The molecule has 1 aromatic carbocycles. The highest BCUT2D eigenvalue weighted by Gasteiger charge is 2.43. The first-order chi connectivity index (χ1) is 12.4. The molecule has 140 valence electrons. The van der Waals surface area contributed by atoms with Crippen molar-refractivity contribution in [1.29, 1.82) is 0 Å². The van der Waals surface area contributed by atoms with E-state index in [2.05, 4.69) is 10.6 Å². The maximum Gasteiger partial charge on any atom is 0.319 e. The van der Waals surface area contributed by atoms with Crippen LogP contribution in [0.25, 0.3) is 0 Å². The summed E-state index contributed by atoms with van der Waals surface area (Å²) in [6.07, 6.45) is 2.43. The molecular formula is C18H22FN3O4. The lowest BCUT2D eigenvalue weighted by molar-refractivity contribution is -0.157. The number of piperidine rings is 1. The fourth-order valence-corrected chi connectivity index (χ4v) is 3.46. The molecule has 3 amide bonds. The molecule has 0 aromatic heterocycles. The Labute approximate surface area is 150 Å². The summed E-state index contributed by atoms with van der Waals surface area (Å²) in [5.41, 5.74) is 0.501. The van der Waals surface area contributed by atoms with Crippen LogP contribution in [0.4, 0.5) is 14.9 Å². The van der Waals surface area contributed by atoms with Gasteiger partial charge in [0.25, 0.3) is 0 Å². The van der Waals surface area contributed by atoms with Crippen LogP contribution in [0.3, 0.4) is 0 Å². The number of carbonyl (C=O) groups excluding carboxylic acids is 2. The van der Waals surface area contributed by atoms with Gasteiger partial charge < -0.3 is 20.6 Å². The highest BCUT2D eigenvalue weighted by Crippen LogP contribution is 2.36. The molecule has 1 saturated carbocycles. The summed E-state index contributed by atoms with van der Waals surface area (Å²) in [6, 6.07) is 5.07. The van der Waals surface area contributed by atoms with Gasteiger partial charge in [-0.2, -0.15) is 0 Å². The minimum absolute atomic E-state index is 0.0591. The number of benzene rings is 1. The van der Waals surface area contributed by atoms with Crippen LogP contribution in [-0.4, -0.2) is 47.0 Å². The molecule has 26 heavy (non-hydrogen) atoms. The number of aliphatic carboxylic acids is 1. The van der Waals surface area contributed by atoms with Crippen LogP contribution in [0.15, 0.2) is 24.3 Å². The molecule has 1 heterocycles. The van der Waals surface area contributed by atoms with Crippen LogP contribution >= 0.6 is 0 Å². The second kappa shape index (κ2) is 7.72. The maximum atomic E-state index is 12.9. The third-order valence-electron chi connectivity index (χ3n) is 5.15. The SMILES string of the molecule is O=C(Nc1ccc(F)cc1)NC1CCN(C(=O)C2CCC2C(=O)O)CC1. The van der Waals surface area contributed by atoms with Gasteiger partial charge in [0, 0.05) is 24.8 Å². The van der Waals surface area contributed by atoms with Gasteiger partial charge in [-0.3, -0.25) is 9.59 Å². The van der Waals surface area contributed by atoms with E-state index in [1.54, 1.807) is 4.90 Å². The summed E-state index contributed by atoms with van der Waals surface area (Å²) in [6.45, 7) is 1.01. The van der Waals surface area contributed by atoms with Gasteiger partial charge in [0.1, 0.15) is 5.82 Å². The first kappa shape index (κ1) is 18.2. The van der Waals surface area contributed by atoms with Crippen LogP contribution in [-0.2, 0) is 9.59 Å². The lowest BCUT2D eigenvalue weighted by atomic mass is 9.72. The molecule has 1 aromatic rings. The minimum atomic E-state index is -0.899. The highest BCUT2D eigenvalue weighted by atomic mass is 19.1. The van der Waals surface area contributed by atoms with Crippen molar-refractivity contribution >= 4 is 23.6 Å². The average molecular weight is 363 g/mol. The molecule has 3 rings (SSSR count). The lowest BCUT2D eigenvalue weighted by Crippen LogP contribution is -2.51. The van der Waals surface area contributed by atoms with Crippen molar-refractivity contribution in [3.8, 4) is 0 Å². The number of rotatable bonds is 4. The Morgan fingerprint density at radius 2 is 1.62 bits per heavy atom. The first-order valence-corrected chi connectivity index (χ1v) is 8.78. The molecule has 1 saturated heterocycles. The summed E-state index contributed by atoms with van der Waals surface area (Å²) in [5, 5.41) is 14.6. The first-order valence-electron chi connectivity index (χ1n) is 8.78. The van der Waals surface area contributed by atoms with E-state index >= 15 is 0 Å². The Kier molecular flexibility index (Phi) is 5.39. The monoisotopic (exact) mass is 363 g/mol. The summed E-state index contributed by atoms with van der Waals surface area (Å²) in [5.74, 6) is -2.32. The largest absolute Gasteiger partial charge is 0.481 e. The van der Waals surface area contributed by atoms with E-state index in [0.717, 1.165) is 0 Å². The number of hydrogen-bond donors (Lipinski definition) is 3. The molecule has 0 bridgehead atoms. The van der Waals surface area contributed by atoms with E-state index in [0.29, 0.717) is 44.5 Å². The molecule has 2 atom stereocenters. The molecule has 0 spiro atoms. The van der Waals surface area contributed by atoms with Gasteiger partial charge in [0.05, 0.1) is 11.8 Å². The second-order valence-corrected chi connectivity index (χ2v) is 6.83. The number of carboxylic acids is 1. The Balaban J connectivity index is 1.43. The molecule has 1 aliphatic heterocycles. The van der Waals surface area contributed by atoms with E-state index in [-0.39, 0.29) is 23.8 Å². The van der Waals surface area contributed by atoms with Crippen molar-refractivity contribution in [3.05, 3.63) is 30.1 Å². The molecule has 2 fully saturated rings. The smallest absolute Gasteiger partial charge is 0.319 e. The minimum Gasteiger partial charge on any atom is -0.481 e. The summed E-state index contributed by atoms with van der Waals surface area (Å²) >= 11 is 0. The van der Waals surface area contributed by atoms with E-state index in [9.17, 15) is 18.8 Å². The zero-order valence-corrected chi connectivity index (χ0v) is 14.3. The predicted molar refractivity (Wildman–Crippen MR) is 92.0 cm³/mol. The molecule has 3 N–H and O–H groups in total. The number of carbonyl (C=O) groups is 3. The van der Waals surface area contributed by atoms with Gasteiger partial charge in [-0.15, -0.1) is 0 Å². The Morgan fingerprint density at radius 3 is 2.15 bits per heavy atom. The third kappa shape index (κ3) is 4.12. The Bertz CT molecular complexity index is 686. The number of carboxylic acid groups (broad SMARTS) is 1. The lowest BCUT2D eigenvalue weighted by Gasteiger charge is -2.39. The number of halogens is 1. The molecule has 0 radical (unpaired) electrons. The number of hydrogen-bond acceptors (Lipinski definition) is 3. The van der Waals surface area contributed by atoms with E-state index in [4.69, 9.17) is 5.11 Å². The van der Waals surface area contributed by atoms with Crippen LogP contribution < -0.4 is 10.6 Å². The fourth-order valence-electron chi connectivity index (χ4n) is 3.46. The van der Waals surface area contributed by atoms with Crippen molar-refractivity contribution in [3.63, 3.8) is 0 Å². The number of nitrogens with one attached hydrogen (secondary N) is 2. The summed E-state index contributed by atoms with van der Waals surface area (Å²) < 4.78 is 12.9. The second-order valence-electron chi connectivity index (χ2n) is 6.83. The van der Waals surface area contributed by atoms with E-state index < -0.39 is 17.8 Å². The van der Waals surface area contributed by atoms with Gasteiger partial charge >= 0.3 is 12.0 Å². The number of likely N-dealkylation sites (tertiary alicyclic amines) is 1. The van der Waals surface area contributed by atoms with Crippen molar-refractivity contribution in [2.24, 2.45) is 11.8 Å². The van der Waals surface area contributed by atoms with Crippen LogP contribution in [0, 0.1) is 17.7 Å². The Hall–Kier alpha value is -2.64. The fraction of sp³-hybridized carbons (Fsp3) is 0.500. The molecule has 7 nitrogen and oxygen atoms in total. The standard InChI is InChI=1S/C18H22FN3O4/c19-11-1-3-12(4-2-11)20-18(26)21-13-7-9-22(10-8-13)16(23)14-5-6-15(14)17(24)25/h1-4,13-15H,5-10H2,(H,24,25)(H2,20,21,26). The average Bonchev–Trinajstić information content (AvgIpc) is 2.56. The molecule has 1 aliphatic carbocycles. The van der Waals surface area contributed by atoms with Gasteiger partial charge in [0.2, 0.25) is 5.91 Å². The third-order valence-corrected chi connectivity index (χ3v) is 5.15. The maximum absolute atomic E-state index is 12.9. The van der Waals surface area contributed by atoms with Crippen LogP contribution in [0.5, 0.6) is 0 Å². The zero-order chi connectivity index (χ0) is 18.7. The summed E-state index contributed by atoms with van der Waals surface area (Å²) in [4.78, 5) is 37.2.